The van der Waals surface area contributed by atoms with Gasteiger partial charge in [-0.2, -0.15) is 0 Å². The summed E-state index contributed by atoms with van der Waals surface area (Å²) in [4.78, 5) is 2.55. The summed E-state index contributed by atoms with van der Waals surface area (Å²) in [5.41, 5.74) is 7.50. The molecule has 0 amide bonds. The second kappa shape index (κ2) is 6.37. The first-order valence-corrected chi connectivity index (χ1v) is 8.33. The van der Waals surface area contributed by atoms with E-state index in [1.165, 1.54) is 42.4 Å². The van der Waals surface area contributed by atoms with Crippen LogP contribution in [-0.4, -0.2) is 38.2 Å². The molecule has 1 aliphatic heterocycles. The molecule has 1 heterocycles. The van der Waals surface area contributed by atoms with Crippen molar-refractivity contribution in [2.45, 2.75) is 46.1 Å². The highest BCUT2D eigenvalue weighted by Gasteiger charge is 2.23. The van der Waals surface area contributed by atoms with Crippen molar-refractivity contribution >= 4 is 0 Å². The van der Waals surface area contributed by atoms with Crippen LogP contribution in [0.25, 0.3) is 0 Å². The normalized spacial score (nSPS) is 19.4. The van der Waals surface area contributed by atoms with Crippen molar-refractivity contribution in [2.24, 2.45) is 0 Å². The molecule has 1 aromatic rings. The van der Waals surface area contributed by atoms with Crippen molar-refractivity contribution in [1.82, 2.24) is 10.2 Å². The van der Waals surface area contributed by atoms with Crippen LogP contribution >= 0.6 is 0 Å². The quantitative estimate of drug-likeness (QED) is 0.925. The predicted octanol–water partition coefficient (Wildman–Crippen LogP) is 2.60. The largest absolute Gasteiger partial charge is 0.496 e. The molecule has 1 fully saturated rings. The summed E-state index contributed by atoms with van der Waals surface area (Å²) in [6, 6.07) is 0. The number of nitrogens with zero attached hydrogens (tertiary/aromatic N) is 1. The molecule has 116 valence electrons. The SMILES string of the molecule is COc1c(C)c2c(c(C)c1CN1CCNCC1)CCCC2. The zero-order valence-corrected chi connectivity index (χ0v) is 13.7. The van der Waals surface area contributed by atoms with Gasteiger partial charge >= 0.3 is 0 Å². The zero-order valence-electron chi connectivity index (χ0n) is 13.7. The van der Waals surface area contributed by atoms with E-state index in [1.807, 2.05) is 7.11 Å². The van der Waals surface area contributed by atoms with Gasteiger partial charge in [0.05, 0.1) is 7.11 Å². The van der Waals surface area contributed by atoms with Crippen LogP contribution in [0.1, 0.15) is 40.7 Å². The molecule has 1 aromatic carbocycles. The smallest absolute Gasteiger partial charge is 0.126 e. The van der Waals surface area contributed by atoms with Gasteiger partial charge in [-0.25, -0.2) is 0 Å². The van der Waals surface area contributed by atoms with E-state index in [9.17, 15) is 0 Å². The molecule has 0 aromatic heterocycles. The van der Waals surface area contributed by atoms with Gasteiger partial charge in [0, 0.05) is 38.3 Å². The Labute approximate surface area is 128 Å². The highest BCUT2D eigenvalue weighted by molar-refractivity contribution is 5.55. The maximum absolute atomic E-state index is 5.82. The fraction of sp³-hybridized carbons (Fsp3) is 0.667. The van der Waals surface area contributed by atoms with Crippen molar-refractivity contribution in [1.29, 1.82) is 0 Å². The lowest BCUT2D eigenvalue weighted by molar-refractivity contribution is 0.229. The number of rotatable bonds is 3. The van der Waals surface area contributed by atoms with E-state index in [0.717, 1.165) is 38.5 Å². The molecule has 1 aliphatic carbocycles. The van der Waals surface area contributed by atoms with E-state index in [2.05, 4.69) is 24.1 Å². The van der Waals surface area contributed by atoms with Gasteiger partial charge in [-0.05, 0) is 61.8 Å². The minimum atomic E-state index is 1.03. The summed E-state index contributed by atoms with van der Waals surface area (Å²) >= 11 is 0. The van der Waals surface area contributed by atoms with E-state index < -0.39 is 0 Å². The Bertz CT molecular complexity index is 519. The number of ether oxygens (including phenoxy) is 1. The summed E-state index contributed by atoms with van der Waals surface area (Å²) in [6.07, 6.45) is 5.15. The van der Waals surface area contributed by atoms with Crippen molar-refractivity contribution in [3.05, 3.63) is 27.8 Å². The van der Waals surface area contributed by atoms with Gasteiger partial charge in [0.15, 0.2) is 0 Å². The summed E-state index contributed by atoms with van der Waals surface area (Å²) in [5, 5.41) is 3.43. The topological polar surface area (TPSA) is 24.5 Å². The number of fused-ring (bicyclic) bond motifs is 1. The molecular weight excluding hydrogens is 260 g/mol. The summed E-state index contributed by atoms with van der Waals surface area (Å²) in [6.45, 7) is 10.1. The van der Waals surface area contributed by atoms with Crippen LogP contribution in [-0.2, 0) is 19.4 Å². The van der Waals surface area contributed by atoms with Gasteiger partial charge in [0.2, 0.25) is 0 Å². The molecular formula is C18H28N2O. The predicted molar refractivity (Wildman–Crippen MR) is 87.3 cm³/mol. The van der Waals surface area contributed by atoms with Gasteiger partial charge in [-0.3, -0.25) is 4.90 Å². The average Bonchev–Trinajstić information content (AvgIpc) is 2.54. The van der Waals surface area contributed by atoms with E-state index >= 15 is 0 Å². The zero-order chi connectivity index (χ0) is 14.8. The molecule has 1 N–H and O–H groups in total. The second-order valence-corrected chi connectivity index (χ2v) is 6.45. The molecule has 3 heteroatoms. The third-order valence-electron chi connectivity index (χ3n) is 5.24. The number of benzene rings is 1. The van der Waals surface area contributed by atoms with Crippen molar-refractivity contribution in [2.75, 3.05) is 33.3 Å². The van der Waals surface area contributed by atoms with E-state index in [1.54, 1.807) is 11.1 Å². The third kappa shape index (κ3) is 2.82. The summed E-state index contributed by atoms with van der Waals surface area (Å²) in [7, 11) is 1.83. The van der Waals surface area contributed by atoms with Crippen molar-refractivity contribution in [3.63, 3.8) is 0 Å². The number of methoxy groups -OCH3 is 1. The third-order valence-corrected chi connectivity index (χ3v) is 5.24. The number of nitrogens with one attached hydrogen (secondary N) is 1. The fourth-order valence-corrected chi connectivity index (χ4v) is 4.01. The maximum Gasteiger partial charge on any atom is 0.126 e. The minimum Gasteiger partial charge on any atom is -0.496 e. The monoisotopic (exact) mass is 288 g/mol. The Morgan fingerprint density at radius 3 is 2.24 bits per heavy atom. The molecule has 0 atom stereocenters. The van der Waals surface area contributed by atoms with Crippen LogP contribution in [0.15, 0.2) is 0 Å². The van der Waals surface area contributed by atoms with Gasteiger partial charge in [-0.1, -0.05) is 0 Å². The van der Waals surface area contributed by atoms with E-state index in [4.69, 9.17) is 4.74 Å². The van der Waals surface area contributed by atoms with Crippen LogP contribution in [0.3, 0.4) is 0 Å². The van der Waals surface area contributed by atoms with Gasteiger partial charge in [-0.15, -0.1) is 0 Å². The Morgan fingerprint density at radius 1 is 1.00 bits per heavy atom. The summed E-state index contributed by atoms with van der Waals surface area (Å²) < 4.78 is 5.82. The lowest BCUT2D eigenvalue weighted by atomic mass is 9.82. The first-order chi connectivity index (χ1) is 10.2. The lowest BCUT2D eigenvalue weighted by Crippen LogP contribution is -2.43. The van der Waals surface area contributed by atoms with Crippen LogP contribution in [0, 0.1) is 13.8 Å². The van der Waals surface area contributed by atoms with Gasteiger partial charge in [0.25, 0.3) is 0 Å². The van der Waals surface area contributed by atoms with E-state index in [0.29, 0.717) is 0 Å². The number of hydrogen-bond acceptors (Lipinski definition) is 3. The van der Waals surface area contributed by atoms with Gasteiger partial charge in [0.1, 0.15) is 5.75 Å². The molecule has 0 saturated carbocycles. The standard InChI is InChI=1S/C18H28N2O/c1-13-15-6-4-5-7-16(15)14(2)18(21-3)17(13)12-20-10-8-19-9-11-20/h19H,4-12H2,1-3H3. The van der Waals surface area contributed by atoms with Crippen LogP contribution in [0.2, 0.25) is 0 Å². The van der Waals surface area contributed by atoms with Crippen molar-refractivity contribution in [3.8, 4) is 5.75 Å². The molecule has 3 nitrogen and oxygen atoms in total. The first-order valence-electron chi connectivity index (χ1n) is 8.33. The molecule has 0 bridgehead atoms. The molecule has 2 aliphatic rings. The average molecular weight is 288 g/mol. The molecule has 0 radical (unpaired) electrons. The number of piperazine rings is 1. The van der Waals surface area contributed by atoms with E-state index in [-0.39, 0.29) is 0 Å². The van der Waals surface area contributed by atoms with Crippen LogP contribution in [0.4, 0.5) is 0 Å². The highest BCUT2D eigenvalue weighted by atomic mass is 16.5. The highest BCUT2D eigenvalue weighted by Crippen LogP contribution is 2.37. The van der Waals surface area contributed by atoms with Crippen molar-refractivity contribution < 1.29 is 4.74 Å². The molecule has 21 heavy (non-hydrogen) atoms. The fourth-order valence-electron chi connectivity index (χ4n) is 4.01. The Balaban J connectivity index is 1.99. The molecule has 0 unspecified atom stereocenters. The summed E-state index contributed by atoms with van der Waals surface area (Å²) in [5.74, 6) is 1.15. The first kappa shape index (κ1) is 14.9. The Hall–Kier alpha value is -1.06. The Morgan fingerprint density at radius 2 is 1.62 bits per heavy atom. The molecule has 1 saturated heterocycles. The maximum atomic E-state index is 5.82. The number of hydrogen-bond donors (Lipinski definition) is 1. The molecule has 3 rings (SSSR count). The minimum absolute atomic E-state index is 1.03. The van der Waals surface area contributed by atoms with Crippen LogP contribution in [0.5, 0.6) is 5.75 Å². The van der Waals surface area contributed by atoms with Crippen LogP contribution < -0.4 is 10.1 Å². The second-order valence-electron chi connectivity index (χ2n) is 6.45. The molecule has 0 spiro atoms. The lowest BCUT2D eigenvalue weighted by Gasteiger charge is -2.31. The Kier molecular flexibility index (Phi) is 4.51. The van der Waals surface area contributed by atoms with Gasteiger partial charge < -0.3 is 10.1 Å².